The highest BCUT2D eigenvalue weighted by Crippen LogP contribution is 2.39. The Kier molecular flexibility index (Phi) is 3.31. The molecule has 1 aliphatic carbocycles. The lowest BCUT2D eigenvalue weighted by molar-refractivity contribution is -0.149. The van der Waals surface area contributed by atoms with E-state index in [9.17, 15) is 18.3 Å². The normalized spacial score (nSPS) is 28.9. The van der Waals surface area contributed by atoms with Gasteiger partial charge < -0.3 is 5.11 Å². The van der Waals surface area contributed by atoms with Crippen LogP contribution in [0.2, 0.25) is 0 Å². The van der Waals surface area contributed by atoms with Crippen LogP contribution in [0.4, 0.5) is 0 Å². The molecule has 0 amide bonds. The minimum Gasteiger partial charge on any atom is -0.480 e. The molecular formula is C14H18N2O4S. The zero-order valence-corrected chi connectivity index (χ0v) is 12.6. The zero-order valence-electron chi connectivity index (χ0n) is 11.7. The smallest absolute Gasteiger partial charge is 0.324 e. The highest BCUT2D eigenvalue weighted by Gasteiger charge is 2.52. The van der Waals surface area contributed by atoms with Crippen LogP contribution in [0, 0.1) is 5.92 Å². The first kappa shape index (κ1) is 14.5. The highest BCUT2D eigenvalue weighted by atomic mass is 32.2. The minimum atomic E-state index is -3.81. The van der Waals surface area contributed by atoms with Gasteiger partial charge in [-0.05, 0) is 29.9 Å². The molecule has 1 aromatic rings. The van der Waals surface area contributed by atoms with E-state index in [1.807, 2.05) is 31.2 Å². The van der Waals surface area contributed by atoms with Crippen LogP contribution in [0.15, 0.2) is 24.3 Å². The lowest BCUT2D eigenvalue weighted by Crippen LogP contribution is -2.63. The third-order valence-corrected chi connectivity index (χ3v) is 5.87. The summed E-state index contributed by atoms with van der Waals surface area (Å²) in [5.74, 6) is -0.875. The first-order valence-electron chi connectivity index (χ1n) is 6.92. The van der Waals surface area contributed by atoms with E-state index in [0.717, 1.165) is 11.1 Å². The number of nitrogens with zero attached hydrogens (tertiary/aromatic N) is 1. The van der Waals surface area contributed by atoms with Gasteiger partial charge in [0.1, 0.15) is 5.54 Å². The van der Waals surface area contributed by atoms with Crippen LogP contribution in [0.5, 0.6) is 0 Å². The summed E-state index contributed by atoms with van der Waals surface area (Å²) in [6, 6.07) is 7.52. The molecule has 3 rings (SSSR count). The van der Waals surface area contributed by atoms with Gasteiger partial charge in [0.05, 0.1) is 0 Å². The molecule has 7 heteroatoms. The van der Waals surface area contributed by atoms with Crippen LogP contribution in [0.25, 0.3) is 0 Å². The highest BCUT2D eigenvalue weighted by molar-refractivity contribution is 7.87. The monoisotopic (exact) mass is 310 g/mol. The van der Waals surface area contributed by atoms with Crippen molar-refractivity contribution in [1.29, 1.82) is 0 Å². The summed E-state index contributed by atoms with van der Waals surface area (Å²) in [5, 5.41) is 9.34. The predicted molar refractivity (Wildman–Crippen MR) is 76.5 cm³/mol. The van der Waals surface area contributed by atoms with E-state index in [4.69, 9.17) is 0 Å². The van der Waals surface area contributed by atoms with Gasteiger partial charge in [0.15, 0.2) is 0 Å². The molecule has 1 heterocycles. The molecule has 0 atom stereocenters. The third kappa shape index (κ3) is 2.45. The van der Waals surface area contributed by atoms with Crippen LogP contribution < -0.4 is 4.72 Å². The van der Waals surface area contributed by atoms with Gasteiger partial charge in [-0.1, -0.05) is 31.2 Å². The molecule has 0 spiro atoms. The number of fused-ring (bicyclic) bond motifs is 1. The second kappa shape index (κ2) is 4.79. The minimum absolute atomic E-state index is 0.222. The molecule has 6 nitrogen and oxygen atoms in total. The van der Waals surface area contributed by atoms with Crippen LogP contribution in [-0.2, 0) is 28.1 Å². The van der Waals surface area contributed by atoms with E-state index in [-0.39, 0.29) is 19.0 Å². The summed E-state index contributed by atoms with van der Waals surface area (Å²) >= 11 is 0. The number of carboxylic acid groups (broad SMARTS) is 1. The van der Waals surface area contributed by atoms with E-state index >= 15 is 0 Å². The molecule has 2 aliphatic rings. The number of hydrogen-bond acceptors (Lipinski definition) is 3. The molecule has 0 unspecified atom stereocenters. The molecule has 0 saturated heterocycles. The molecule has 2 N–H and O–H groups in total. The van der Waals surface area contributed by atoms with Crippen molar-refractivity contribution in [3.8, 4) is 0 Å². The Morgan fingerprint density at radius 1 is 1.29 bits per heavy atom. The number of rotatable bonds is 4. The third-order valence-electron chi connectivity index (χ3n) is 4.28. The van der Waals surface area contributed by atoms with E-state index < -0.39 is 21.7 Å². The van der Waals surface area contributed by atoms with Gasteiger partial charge in [-0.25, -0.2) is 0 Å². The van der Waals surface area contributed by atoms with Gasteiger partial charge in [0, 0.05) is 13.1 Å². The molecule has 1 aliphatic heterocycles. The van der Waals surface area contributed by atoms with Gasteiger partial charge in [0.2, 0.25) is 0 Å². The quantitative estimate of drug-likeness (QED) is 0.871. The Morgan fingerprint density at radius 2 is 1.81 bits per heavy atom. The fourth-order valence-corrected chi connectivity index (χ4v) is 4.71. The lowest BCUT2D eigenvalue weighted by Gasteiger charge is -2.43. The Hall–Kier alpha value is -1.44. The second-order valence-corrected chi connectivity index (χ2v) is 7.72. The lowest BCUT2D eigenvalue weighted by atomic mass is 9.70. The van der Waals surface area contributed by atoms with Crippen molar-refractivity contribution < 1.29 is 18.3 Å². The van der Waals surface area contributed by atoms with E-state index in [2.05, 4.69) is 4.72 Å². The Balaban J connectivity index is 1.78. The average Bonchev–Trinajstić information content (AvgIpc) is 2.80. The van der Waals surface area contributed by atoms with Crippen LogP contribution in [0.3, 0.4) is 0 Å². The average molecular weight is 310 g/mol. The fraction of sp³-hybridized carbons (Fsp3) is 0.500. The summed E-state index contributed by atoms with van der Waals surface area (Å²) in [6.07, 6.45) is 0.671. The molecule has 0 aromatic heterocycles. The molecular weight excluding hydrogens is 292 g/mol. The van der Waals surface area contributed by atoms with Crippen molar-refractivity contribution >= 4 is 16.2 Å². The molecule has 0 bridgehead atoms. The summed E-state index contributed by atoms with van der Waals surface area (Å²) in [6.45, 7) is 2.49. The van der Waals surface area contributed by atoms with E-state index in [1.165, 1.54) is 4.31 Å². The Morgan fingerprint density at radius 3 is 2.24 bits per heavy atom. The first-order chi connectivity index (χ1) is 9.82. The second-order valence-electron chi connectivity index (χ2n) is 6.04. The van der Waals surface area contributed by atoms with E-state index in [0.29, 0.717) is 12.8 Å². The Labute approximate surface area is 124 Å². The maximum atomic E-state index is 12.5. The van der Waals surface area contributed by atoms with Crippen LogP contribution in [-0.4, -0.2) is 29.3 Å². The maximum Gasteiger partial charge on any atom is 0.324 e. The maximum absolute atomic E-state index is 12.5. The largest absolute Gasteiger partial charge is 0.480 e. The summed E-state index contributed by atoms with van der Waals surface area (Å²) in [5.41, 5.74) is 0.594. The van der Waals surface area contributed by atoms with Crippen molar-refractivity contribution in [2.24, 2.45) is 5.92 Å². The Bertz CT molecular complexity index is 655. The SMILES string of the molecule is CC1CC(NS(=O)(=O)N2Cc3ccccc3C2)(C(=O)O)C1. The van der Waals surface area contributed by atoms with Crippen molar-refractivity contribution in [3.63, 3.8) is 0 Å². The standard InChI is InChI=1S/C14H18N2O4S/c1-10-6-14(7-10,13(17)18)15-21(19,20)16-8-11-4-2-3-5-12(11)9-16/h2-5,10,15H,6-9H2,1H3,(H,17,18). The topological polar surface area (TPSA) is 86.7 Å². The number of carbonyl (C=O) groups is 1. The number of carboxylic acids is 1. The van der Waals surface area contributed by atoms with Gasteiger partial charge >= 0.3 is 5.97 Å². The summed E-state index contributed by atoms with van der Waals surface area (Å²) in [4.78, 5) is 11.4. The molecule has 1 fully saturated rings. The molecule has 1 aromatic carbocycles. The van der Waals surface area contributed by atoms with Crippen molar-refractivity contribution in [1.82, 2.24) is 9.03 Å². The van der Waals surface area contributed by atoms with Gasteiger partial charge in [0.25, 0.3) is 10.2 Å². The van der Waals surface area contributed by atoms with Crippen molar-refractivity contribution in [2.75, 3.05) is 0 Å². The fourth-order valence-electron chi connectivity index (χ4n) is 3.21. The number of benzene rings is 1. The van der Waals surface area contributed by atoms with Gasteiger partial charge in [-0.3, -0.25) is 4.79 Å². The molecule has 114 valence electrons. The molecule has 21 heavy (non-hydrogen) atoms. The van der Waals surface area contributed by atoms with Gasteiger partial charge in [-0.2, -0.15) is 17.4 Å². The number of aliphatic carboxylic acids is 1. The van der Waals surface area contributed by atoms with Crippen LogP contribution in [0.1, 0.15) is 30.9 Å². The predicted octanol–water partition coefficient (Wildman–Crippen LogP) is 1.09. The van der Waals surface area contributed by atoms with Crippen molar-refractivity contribution in [3.05, 3.63) is 35.4 Å². The molecule has 1 saturated carbocycles. The van der Waals surface area contributed by atoms with Crippen molar-refractivity contribution in [2.45, 2.75) is 38.4 Å². The summed E-state index contributed by atoms with van der Waals surface area (Å²) < 4.78 is 28.7. The molecule has 0 radical (unpaired) electrons. The van der Waals surface area contributed by atoms with Crippen LogP contribution >= 0.6 is 0 Å². The van der Waals surface area contributed by atoms with E-state index in [1.54, 1.807) is 0 Å². The zero-order chi connectivity index (χ0) is 15.3. The van der Waals surface area contributed by atoms with Gasteiger partial charge in [-0.15, -0.1) is 0 Å². The summed E-state index contributed by atoms with van der Waals surface area (Å²) in [7, 11) is -3.81. The first-order valence-corrected chi connectivity index (χ1v) is 8.36. The number of hydrogen-bond donors (Lipinski definition) is 2. The number of nitrogens with one attached hydrogen (secondary N) is 1.